The second kappa shape index (κ2) is 8.64. The third-order valence-corrected chi connectivity index (χ3v) is 5.32. The standard InChI is InChI=1S/C25H17ClN6O/c26-19-13-17(12-16-8-4-11-29-20(16)19)22-21(15-6-2-1-3-7-15)32-24(27)23(31-22)25(33)30-18-9-5-10-28-14-18/h1-14H,(H2,27,32)(H,30,33). The fourth-order valence-electron chi connectivity index (χ4n) is 3.53. The summed E-state index contributed by atoms with van der Waals surface area (Å²) in [6, 6.07) is 20.4. The molecule has 0 bridgehead atoms. The Balaban J connectivity index is 1.69. The number of halogens is 1. The van der Waals surface area contributed by atoms with Crippen molar-refractivity contribution in [3.05, 3.63) is 96.0 Å². The number of hydrogen-bond donors (Lipinski definition) is 2. The van der Waals surface area contributed by atoms with Crippen LogP contribution in [0.4, 0.5) is 11.5 Å². The Bertz CT molecular complexity index is 1480. The molecule has 160 valence electrons. The minimum atomic E-state index is -0.484. The van der Waals surface area contributed by atoms with Crippen molar-refractivity contribution in [2.45, 2.75) is 0 Å². The Morgan fingerprint density at radius 2 is 1.67 bits per heavy atom. The van der Waals surface area contributed by atoms with Gasteiger partial charge in [0.1, 0.15) is 0 Å². The molecule has 0 aliphatic carbocycles. The minimum absolute atomic E-state index is 0.0101. The summed E-state index contributed by atoms with van der Waals surface area (Å²) >= 11 is 6.53. The average molecular weight is 453 g/mol. The van der Waals surface area contributed by atoms with Gasteiger partial charge in [0, 0.05) is 28.9 Å². The van der Waals surface area contributed by atoms with Crippen molar-refractivity contribution in [1.29, 1.82) is 0 Å². The molecule has 5 rings (SSSR count). The van der Waals surface area contributed by atoms with Crippen LogP contribution in [0.3, 0.4) is 0 Å². The van der Waals surface area contributed by atoms with Gasteiger partial charge < -0.3 is 11.1 Å². The first kappa shape index (κ1) is 20.5. The molecule has 0 spiro atoms. The van der Waals surface area contributed by atoms with Crippen LogP contribution in [0, 0.1) is 0 Å². The Labute approximate surface area is 194 Å². The van der Waals surface area contributed by atoms with E-state index in [2.05, 4.69) is 25.3 Å². The number of nitrogens with zero attached hydrogens (tertiary/aromatic N) is 4. The van der Waals surface area contributed by atoms with Crippen molar-refractivity contribution in [3.63, 3.8) is 0 Å². The zero-order valence-electron chi connectivity index (χ0n) is 17.2. The molecule has 0 unspecified atom stereocenters. The number of amides is 1. The predicted molar refractivity (Wildman–Crippen MR) is 130 cm³/mol. The number of anilines is 2. The Kier molecular flexibility index (Phi) is 5.38. The zero-order valence-corrected chi connectivity index (χ0v) is 18.0. The van der Waals surface area contributed by atoms with Gasteiger partial charge in [0.15, 0.2) is 11.5 Å². The molecule has 0 radical (unpaired) electrons. The van der Waals surface area contributed by atoms with Gasteiger partial charge in [0.05, 0.1) is 33.8 Å². The van der Waals surface area contributed by atoms with E-state index in [1.54, 1.807) is 30.6 Å². The number of carbonyl (C=O) groups excluding carboxylic acids is 1. The minimum Gasteiger partial charge on any atom is -0.382 e. The van der Waals surface area contributed by atoms with E-state index >= 15 is 0 Å². The molecule has 0 saturated carbocycles. The monoisotopic (exact) mass is 452 g/mol. The van der Waals surface area contributed by atoms with Crippen molar-refractivity contribution >= 4 is 39.9 Å². The summed E-state index contributed by atoms with van der Waals surface area (Å²) in [4.78, 5) is 30.6. The maximum absolute atomic E-state index is 13.0. The van der Waals surface area contributed by atoms with E-state index in [9.17, 15) is 4.79 Å². The number of nitrogens with two attached hydrogens (primary N) is 1. The third-order valence-electron chi connectivity index (χ3n) is 5.04. The summed E-state index contributed by atoms with van der Waals surface area (Å²) < 4.78 is 0. The molecule has 3 N–H and O–H groups in total. The van der Waals surface area contributed by atoms with Crippen LogP contribution in [0.5, 0.6) is 0 Å². The summed E-state index contributed by atoms with van der Waals surface area (Å²) in [6.45, 7) is 0. The van der Waals surface area contributed by atoms with Crippen LogP contribution in [0.15, 0.2) is 85.3 Å². The molecule has 33 heavy (non-hydrogen) atoms. The predicted octanol–water partition coefficient (Wildman–Crippen LogP) is 5.24. The fourth-order valence-corrected chi connectivity index (χ4v) is 3.80. The highest BCUT2D eigenvalue weighted by molar-refractivity contribution is 6.35. The zero-order chi connectivity index (χ0) is 22.8. The second-order valence-electron chi connectivity index (χ2n) is 7.25. The topological polar surface area (TPSA) is 107 Å². The van der Waals surface area contributed by atoms with Gasteiger partial charge in [-0.1, -0.05) is 48.0 Å². The van der Waals surface area contributed by atoms with Gasteiger partial charge in [0.25, 0.3) is 5.91 Å². The fraction of sp³-hybridized carbons (Fsp3) is 0. The maximum atomic E-state index is 13.0. The van der Waals surface area contributed by atoms with Crippen LogP contribution < -0.4 is 11.1 Å². The lowest BCUT2D eigenvalue weighted by Gasteiger charge is -2.14. The van der Waals surface area contributed by atoms with Gasteiger partial charge in [-0.05, 0) is 30.3 Å². The molecular weight excluding hydrogens is 436 g/mol. The molecular formula is C25H17ClN6O. The first-order chi connectivity index (χ1) is 16.1. The summed E-state index contributed by atoms with van der Waals surface area (Å²) in [7, 11) is 0. The summed E-state index contributed by atoms with van der Waals surface area (Å²) in [5, 5.41) is 4.08. The highest BCUT2D eigenvalue weighted by Gasteiger charge is 2.21. The van der Waals surface area contributed by atoms with Crippen LogP contribution in [0.1, 0.15) is 10.5 Å². The van der Waals surface area contributed by atoms with Gasteiger partial charge in [-0.2, -0.15) is 0 Å². The van der Waals surface area contributed by atoms with E-state index in [1.807, 2.05) is 48.5 Å². The van der Waals surface area contributed by atoms with Crippen molar-refractivity contribution in [2.75, 3.05) is 11.1 Å². The van der Waals surface area contributed by atoms with Crippen molar-refractivity contribution in [2.24, 2.45) is 0 Å². The summed E-state index contributed by atoms with van der Waals surface area (Å²) in [5.74, 6) is -0.463. The molecule has 0 fully saturated rings. The lowest BCUT2D eigenvalue weighted by molar-refractivity contribution is 0.102. The molecule has 0 aliphatic heterocycles. The van der Waals surface area contributed by atoms with E-state index in [4.69, 9.17) is 17.3 Å². The van der Waals surface area contributed by atoms with Gasteiger partial charge in [-0.15, -0.1) is 0 Å². The van der Waals surface area contributed by atoms with Crippen molar-refractivity contribution in [3.8, 4) is 22.5 Å². The lowest BCUT2D eigenvalue weighted by Crippen LogP contribution is -2.18. The molecule has 8 heteroatoms. The van der Waals surface area contributed by atoms with Crippen LogP contribution in [0.2, 0.25) is 5.02 Å². The van der Waals surface area contributed by atoms with E-state index < -0.39 is 5.91 Å². The number of fused-ring (bicyclic) bond motifs is 1. The van der Waals surface area contributed by atoms with E-state index in [1.165, 1.54) is 6.20 Å². The molecule has 0 saturated heterocycles. The third kappa shape index (κ3) is 4.09. The van der Waals surface area contributed by atoms with Crippen LogP contribution in [-0.4, -0.2) is 25.8 Å². The molecule has 0 aliphatic rings. The number of benzene rings is 2. The molecule has 7 nitrogen and oxygen atoms in total. The quantitative estimate of drug-likeness (QED) is 0.386. The number of nitrogen functional groups attached to an aromatic ring is 1. The van der Waals surface area contributed by atoms with Gasteiger partial charge >= 0.3 is 0 Å². The largest absolute Gasteiger partial charge is 0.382 e. The maximum Gasteiger partial charge on any atom is 0.278 e. The first-order valence-corrected chi connectivity index (χ1v) is 10.5. The number of hydrogen-bond acceptors (Lipinski definition) is 6. The van der Waals surface area contributed by atoms with Crippen LogP contribution >= 0.6 is 11.6 Å². The molecule has 3 heterocycles. The van der Waals surface area contributed by atoms with Crippen LogP contribution in [-0.2, 0) is 0 Å². The first-order valence-electron chi connectivity index (χ1n) is 10.1. The molecule has 1 amide bonds. The highest BCUT2D eigenvalue weighted by Crippen LogP contribution is 2.35. The average Bonchev–Trinajstić information content (AvgIpc) is 2.85. The number of aromatic nitrogens is 4. The van der Waals surface area contributed by atoms with E-state index in [-0.39, 0.29) is 11.5 Å². The smallest absolute Gasteiger partial charge is 0.278 e. The van der Waals surface area contributed by atoms with Crippen LogP contribution in [0.25, 0.3) is 33.4 Å². The number of rotatable bonds is 4. The van der Waals surface area contributed by atoms with E-state index in [0.717, 1.165) is 10.9 Å². The van der Waals surface area contributed by atoms with Gasteiger partial charge in [0.2, 0.25) is 0 Å². The second-order valence-corrected chi connectivity index (χ2v) is 7.66. The van der Waals surface area contributed by atoms with E-state index in [0.29, 0.717) is 33.2 Å². The molecule has 2 aromatic carbocycles. The summed E-state index contributed by atoms with van der Waals surface area (Å²) in [6.07, 6.45) is 4.85. The van der Waals surface area contributed by atoms with Crippen molar-refractivity contribution < 1.29 is 4.79 Å². The summed E-state index contributed by atoms with van der Waals surface area (Å²) in [5.41, 5.74) is 9.95. The highest BCUT2D eigenvalue weighted by atomic mass is 35.5. The number of pyridine rings is 2. The normalized spacial score (nSPS) is 10.8. The Morgan fingerprint density at radius 3 is 2.45 bits per heavy atom. The number of nitrogens with one attached hydrogen (secondary N) is 1. The molecule has 5 aromatic rings. The Morgan fingerprint density at radius 1 is 0.879 bits per heavy atom. The molecule has 3 aromatic heterocycles. The van der Waals surface area contributed by atoms with Crippen molar-refractivity contribution in [1.82, 2.24) is 19.9 Å². The van der Waals surface area contributed by atoms with Gasteiger partial charge in [-0.25, -0.2) is 9.97 Å². The number of carbonyl (C=O) groups is 1. The van der Waals surface area contributed by atoms with Gasteiger partial charge in [-0.3, -0.25) is 14.8 Å². The SMILES string of the molecule is Nc1nc(-c2ccccc2)c(-c2cc(Cl)c3ncccc3c2)nc1C(=O)Nc1cccnc1. The lowest BCUT2D eigenvalue weighted by atomic mass is 10.0. The molecule has 0 atom stereocenters. The Hall–Kier alpha value is -4.36.